The number of nitrogens with two attached hydrogens (primary N) is 1. The Labute approximate surface area is 116 Å². The van der Waals surface area contributed by atoms with E-state index < -0.39 is 4.92 Å². The molecular formula is C14H15N3O3. The second kappa shape index (κ2) is 5.66. The van der Waals surface area contributed by atoms with Gasteiger partial charge in [-0.2, -0.15) is 0 Å². The Balaban J connectivity index is 2.32. The number of aryl methyl sites for hydroxylation is 1. The molecule has 1 aromatic heterocycles. The van der Waals surface area contributed by atoms with Crippen LogP contribution in [0.3, 0.4) is 0 Å². The maximum atomic E-state index is 11.0. The van der Waals surface area contributed by atoms with Crippen LogP contribution in [0.1, 0.15) is 24.1 Å². The molecule has 2 aromatic rings. The molecule has 0 fully saturated rings. The van der Waals surface area contributed by atoms with Gasteiger partial charge in [0.2, 0.25) is 11.6 Å². The summed E-state index contributed by atoms with van der Waals surface area (Å²) in [6.07, 6.45) is 1.60. The zero-order valence-corrected chi connectivity index (χ0v) is 11.2. The summed E-state index contributed by atoms with van der Waals surface area (Å²) in [5.41, 5.74) is 7.20. The van der Waals surface area contributed by atoms with Crippen LogP contribution in [0, 0.1) is 17.0 Å². The van der Waals surface area contributed by atoms with Crippen molar-refractivity contribution in [3.63, 3.8) is 0 Å². The highest BCUT2D eigenvalue weighted by Crippen LogP contribution is 2.33. The predicted octanol–water partition coefficient (Wildman–Crippen LogP) is 3.11. The van der Waals surface area contributed by atoms with Crippen molar-refractivity contribution in [2.75, 3.05) is 0 Å². The van der Waals surface area contributed by atoms with Crippen LogP contribution in [0.4, 0.5) is 5.69 Å². The summed E-state index contributed by atoms with van der Waals surface area (Å²) < 4.78 is 5.54. The number of nitrogens with zero attached hydrogens (tertiary/aromatic N) is 2. The molecule has 1 aromatic carbocycles. The molecule has 0 radical (unpaired) electrons. The zero-order chi connectivity index (χ0) is 14.7. The number of para-hydroxylation sites is 1. The molecule has 20 heavy (non-hydrogen) atoms. The van der Waals surface area contributed by atoms with Crippen molar-refractivity contribution in [1.29, 1.82) is 0 Å². The number of aromatic nitrogens is 1. The minimum Gasteiger partial charge on any atom is -0.432 e. The molecular weight excluding hydrogens is 258 g/mol. The quantitative estimate of drug-likeness (QED) is 0.682. The molecule has 0 aliphatic carbocycles. The number of ether oxygens (including phenoxy) is 1. The smallest absolute Gasteiger partial charge is 0.311 e. The monoisotopic (exact) mass is 273 g/mol. The van der Waals surface area contributed by atoms with Crippen LogP contribution in [0.5, 0.6) is 11.6 Å². The molecule has 6 heteroatoms. The third-order valence-electron chi connectivity index (χ3n) is 2.88. The minimum absolute atomic E-state index is 0.0805. The van der Waals surface area contributed by atoms with E-state index in [-0.39, 0.29) is 17.5 Å². The van der Waals surface area contributed by atoms with Gasteiger partial charge in [0.15, 0.2) is 0 Å². The third kappa shape index (κ3) is 2.92. The lowest BCUT2D eigenvalue weighted by molar-refractivity contribution is -0.385. The van der Waals surface area contributed by atoms with E-state index in [0.717, 1.165) is 5.56 Å². The van der Waals surface area contributed by atoms with E-state index in [4.69, 9.17) is 10.5 Å². The summed E-state index contributed by atoms with van der Waals surface area (Å²) in [4.78, 5) is 14.6. The molecule has 104 valence electrons. The summed E-state index contributed by atoms with van der Waals surface area (Å²) >= 11 is 0. The molecule has 0 saturated carbocycles. The van der Waals surface area contributed by atoms with E-state index in [1.807, 2.05) is 6.92 Å². The Bertz CT molecular complexity index is 624. The molecule has 0 aliphatic heterocycles. The summed E-state index contributed by atoms with van der Waals surface area (Å²) in [5, 5.41) is 11.0. The first-order chi connectivity index (χ1) is 9.49. The van der Waals surface area contributed by atoms with Crippen LogP contribution in [0.25, 0.3) is 0 Å². The first-order valence-corrected chi connectivity index (χ1v) is 6.12. The summed E-state index contributed by atoms with van der Waals surface area (Å²) in [7, 11) is 0. The maximum Gasteiger partial charge on any atom is 0.311 e. The van der Waals surface area contributed by atoms with Crippen LogP contribution in [0.15, 0.2) is 36.5 Å². The molecule has 1 atom stereocenters. The number of pyridine rings is 1. The average molecular weight is 273 g/mol. The second-order valence-corrected chi connectivity index (χ2v) is 4.50. The Kier molecular flexibility index (Phi) is 3.95. The molecule has 1 heterocycles. The fraction of sp³-hybridized carbons (Fsp3) is 0.214. The van der Waals surface area contributed by atoms with Gasteiger partial charge >= 0.3 is 5.69 Å². The average Bonchev–Trinajstić information content (AvgIpc) is 2.41. The largest absolute Gasteiger partial charge is 0.432 e. The first-order valence-electron chi connectivity index (χ1n) is 6.12. The standard InChI is InChI=1S/C14H15N3O3/c1-9-4-3-5-12(17(18)19)14(9)20-13-7-6-11(8-16-13)10(2)15/h3-8,10H,15H2,1-2H3/t10-/m1/s1. The summed E-state index contributed by atoms with van der Waals surface area (Å²) in [6, 6.07) is 8.08. The SMILES string of the molecule is Cc1cccc([N+](=O)[O-])c1Oc1ccc([C@@H](C)N)cn1. The number of rotatable bonds is 4. The lowest BCUT2D eigenvalue weighted by atomic mass is 10.1. The van der Waals surface area contributed by atoms with E-state index in [9.17, 15) is 10.1 Å². The van der Waals surface area contributed by atoms with Crippen molar-refractivity contribution < 1.29 is 9.66 Å². The molecule has 0 bridgehead atoms. The number of hydrogen-bond acceptors (Lipinski definition) is 5. The molecule has 2 rings (SSSR count). The van der Waals surface area contributed by atoms with Gasteiger partial charge in [-0.05, 0) is 25.0 Å². The normalized spacial score (nSPS) is 11.9. The lowest BCUT2D eigenvalue weighted by Gasteiger charge is -2.09. The fourth-order valence-electron chi connectivity index (χ4n) is 1.74. The van der Waals surface area contributed by atoms with Crippen LogP contribution >= 0.6 is 0 Å². The fourth-order valence-corrected chi connectivity index (χ4v) is 1.74. The van der Waals surface area contributed by atoms with Crippen molar-refractivity contribution in [2.24, 2.45) is 5.73 Å². The minimum atomic E-state index is -0.474. The highest BCUT2D eigenvalue weighted by atomic mass is 16.6. The van der Waals surface area contributed by atoms with Gasteiger partial charge < -0.3 is 10.5 Å². The van der Waals surface area contributed by atoms with Crippen molar-refractivity contribution in [3.8, 4) is 11.6 Å². The Hall–Kier alpha value is -2.47. The van der Waals surface area contributed by atoms with Crippen molar-refractivity contribution >= 4 is 5.69 Å². The highest BCUT2D eigenvalue weighted by Gasteiger charge is 2.18. The Morgan fingerprint density at radius 2 is 2.10 bits per heavy atom. The van der Waals surface area contributed by atoms with Crippen molar-refractivity contribution in [1.82, 2.24) is 4.98 Å². The number of benzene rings is 1. The summed E-state index contributed by atoms with van der Waals surface area (Å²) in [6.45, 7) is 3.60. The van der Waals surface area contributed by atoms with E-state index in [2.05, 4.69) is 4.98 Å². The van der Waals surface area contributed by atoms with Gasteiger partial charge in [0.1, 0.15) is 0 Å². The van der Waals surface area contributed by atoms with Gasteiger partial charge in [-0.25, -0.2) is 4.98 Å². The van der Waals surface area contributed by atoms with Gasteiger partial charge in [-0.1, -0.05) is 18.2 Å². The van der Waals surface area contributed by atoms with E-state index in [1.165, 1.54) is 6.07 Å². The van der Waals surface area contributed by atoms with Gasteiger partial charge in [-0.15, -0.1) is 0 Å². The number of nitro groups is 1. The summed E-state index contributed by atoms with van der Waals surface area (Å²) in [5.74, 6) is 0.505. The van der Waals surface area contributed by atoms with Gasteiger partial charge in [-0.3, -0.25) is 10.1 Å². The molecule has 0 spiro atoms. The van der Waals surface area contributed by atoms with Crippen LogP contribution < -0.4 is 10.5 Å². The van der Waals surface area contributed by atoms with Gasteiger partial charge in [0, 0.05) is 24.4 Å². The zero-order valence-electron chi connectivity index (χ0n) is 11.2. The molecule has 0 unspecified atom stereocenters. The van der Waals surface area contributed by atoms with Gasteiger partial charge in [0.05, 0.1) is 4.92 Å². The molecule has 0 saturated heterocycles. The van der Waals surface area contributed by atoms with Gasteiger partial charge in [0.25, 0.3) is 0 Å². The third-order valence-corrected chi connectivity index (χ3v) is 2.88. The Morgan fingerprint density at radius 1 is 1.35 bits per heavy atom. The first kappa shape index (κ1) is 14.0. The lowest BCUT2D eigenvalue weighted by Crippen LogP contribution is -2.05. The number of nitro benzene ring substituents is 1. The highest BCUT2D eigenvalue weighted by molar-refractivity contribution is 5.52. The van der Waals surface area contributed by atoms with Crippen molar-refractivity contribution in [3.05, 3.63) is 57.8 Å². The molecule has 6 nitrogen and oxygen atoms in total. The van der Waals surface area contributed by atoms with E-state index >= 15 is 0 Å². The molecule has 0 aliphatic rings. The predicted molar refractivity (Wildman–Crippen MR) is 74.7 cm³/mol. The molecule has 2 N–H and O–H groups in total. The molecule has 0 amide bonds. The Morgan fingerprint density at radius 3 is 2.65 bits per heavy atom. The van der Waals surface area contributed by atoms with Crippen LogP contribution in [-0.4, -0.2) is 9.91 Å². The van der Waals surface area contributed by atoms with Crippen LogP contribution in [0.2, 0.25) is 0 Å². The second-order valence-electron chi connectivity index (χ2n) is 4.50. The topological polar surface area (TPSA) is 91.3 Å². The van der Waals surface area contributed by atoms with Crippen molar-refractivity contribution in [2.45, 2.75) is 19.9 Å². The van der Waals surface area contributed by atoms with Crippen LogP contribution in [-0.2, 0) is 0 Å². The van der Waals surface area contributed by atoms with E-state index in [1.54, 1.807) is 37.4 Å². The van der Waals surface area contributed by atoms with E-state index in [0.29, 0.717) is 11.4 Å². The number of hydrogen-bond donors (Lipinski definition) is 1. The maximum absolute atomic E-state index is 11.0.